The number of ether oxygens (including phenoxy) is 1. The number of carbonyl (C=O) groups is 4. The highest BCUT2D eigenvalue weighted by molar-refractivity contribution is 5.78. The van der Waals surface area contributed by atoms with E-state index in [-0.39, 0.29) is 24.0 Å². The first-order chi connectivity index (χ1) is 14.7. The minimum Gasteiger partial charge on any atom is -0.481 e. The summed E-state index contributed by atoms with van der Waals surface area (Å²) in [7, 11) is 0. The number of Topliss-reactive ketones (excluding diaryl/α,β-unsaturated/α-hetero) is 2. The molecule has 2 aromatic rings. The molecular formula is C25H32O6. The third-order valence-corrected chi connectivity index (χ3v) is 3.75. The van der Waals surface area contributed by atoms with Crippen LogP contribution in [-0.2, 0) is 36.9 Å². The lowest BCUT2D eigenvalue weighted by Gasteiger charge is -1.99. The summed E-state index contributed by atoms with van der Waals surface area (Å²) in [4.78, 5) is 41.3. The smallest absolute Gasteiger partial charge is 0.303 e. The van der Waals surface area contributed by atoms with E-state index in [4.69, 9.17) is 9.84 Å². The topological polar surface area (TPSA) is 97.7 Å². The molecule has 2 aromatic carbocycles. The van der Waals surface area contributed by atoms with E-state index >= 15 is 0 Å². The summed E-state index contributed by atoms with van der Waals surface area (Å²) in [5, 5.41) is 8.19. The summed E-state index contributed by atoms with van der Waals surface area (Å²) >= 11 is 0. The Hall–Kier alpha value is -3.28. The van der Waals surface area contributed by atoms with Crippen molar-refractivity contribution < 1.29 is 29.0 Å². The van der Waals surface area contributed by atoms with Gasteiger partial charge in [0.2, 0.25) is 0 Å². The quantitative estimate of drug-likeness (QED) is 0.456. The van der Waals surface area contributed by atoms with E-state index in [1.54, 1.807) is 6.92 Å². The van der Waals surface area contributed by atoms with Gasteiger partial charge >= 0.3 is 11.9 Å². The third-order valence-electron chi connectivity index (χ3n) is 3.75. The summed E-state index contributed by atoms with van der Waals surface area (Å²) < 4.78 is 4.79. The second-order valence-electron chi connectivity index (χ2n) is 6.93. The van der Waals surface area contributed by atoms with Crippen molar-refractivity contribution in [2.24, 2.45) is 0 Å². The average molecular weight is 429 g/mol. The molecule has 2 rings (SSSR count). The maximum atomic E-state index is 10.6. The van der Waals surface area contributed by atoms with Gasteiger partial charge in [0.1, 0.15) is 18.2 Å². The summed E-state index contributed by atoms with van der Waals surface area (Å²) in [6, 6.07) is 19.4. The molecule has 0 aromatic heterocycles. The number of carboxylic acid groups (broad SMARTS) is 1. The number of rotatable bonds is 9. The van der Waals surface area contributed by atoms with E-state index in [9.17, 15) is 19.2 Å². The molecule has 1 N–H and O–H groups in total. The Balaban J connectivity index is 0.000000436. The molecule has 31 heavy (non-hydrogen) atoms. The molecule has 0 amide bonds. The van der Waals surface area contributed by atoms with Gasteiger partial charge in [-0.25, -0.2) is 0 Å². The molecule has 0 saturated heterocycles. The van der Waals surface area contributed by atoms with Gasteiger partial charge in [0.15, 0.2) is 0 Å². The molecule has 0 unspecified atom stereocenters. The van der Waals surface area contributed by atoms with Gasteiger partial charge in [-0.15, -0.1) is 0 Å². The van der Waals surface area contributed by atoms with Crippen molar-refractivity contribution in [1.29, 1.82) is 0 Å². The van der Waals surface area contributed by atoms with Crippen LogP contribution < -0.4 is 0 Å². The second kappa shape index (κ2) is 17.6. The number of hydrogen-bond donors (Lipinski definition) is 1. The molecule has 0 fully saturated rings. The van der Waals surface area contributed by atoms with Crippen molar-refractivity contribution in [2.75, 3.05) is 0 Å². The number of aliphatic carboxylic acids is 1. The number of unbranched alkanes of at least 4 members (excludes halogenated alkanes) is 1. The fourth-order valence-electron chi connectivity index (χ4n) is 2.29. The molecule has 6 nitrogen and oxygen atoms in total. The Bertz CT molecular complexity index is 768. The Morgan fingerprint density at radius 2 is 1.19 bits per heavy atom. The fourth-order valence-corrected chi connectivity index (χ4v) is 2.29. The molecule has 0 radical (unpaired) electrons. The van der Waals surface area contributed by atoms with Crippen LogP contribution in [-0.4, -0.2) is 28.6 Å². The highest BCUT2D eigenvalue weighted by Gasteiger charge is 1.97. The second-order valence-corrected chi connectivity index (χ2v) is 6.93. The summed E-state index contributed by atoms with van der Waals surface area (Å²) in [6.45, 7) is 4.90. The molecule has 0 atom stereocenters. The minimum absolute atomic E-state index is 0.130. The molecule has 0 saturated carbocycles. The zero-order chi connectivity index (χ0) is 23.5. The van der Waals surface area contributed by atoms with Crippen LogP contribution in [0.1, 0.15) is 57.6 Å². The van der Waals surface area contributed by atoms with Crippen LogP contribution in [0.15, 0.2) is 60.7 Å². The van der Waals surface area contributed by atoms with Gasteiger partial charge in [-0.05, 0) is 37.8 Å². The summed E-state index contributed by atoms with van der Waals surface area (Å²) in [5.74, 6) is -0.686. The monoisotopic (exact) mass is 428 g/mol. The van der Waals surface area contributed by atoms with E-state index in [1.165, 1.54) is 13.8 Å². The number of hydrogen-bond acceptors (Lipinski definition) is 5. The lowest BCUT2D eigenvalue weighted by atomic mass is 10.1. The lowest BCUT2D eigenvalue weighted by Crippen LogP contribution is -1.97. The minimum atomic E-state index is -0.788. The van der Waals surface area contributed by atoms with Crippen molar-refractivity contribution >= 4 is 23.5 Å². The van der Waals surface area contributed by atoms with E-state index in [2.05, 4.69) is 0 Å². The van der Waals surface area contributed by atoms with Gasteiger partial charge in [-0.3, -0.25) is 14.4 Å². The first-order valence-electron chi connectivity index (χ1n) is 10.1. The predicted octanol–water partition coefficient (Wildman–Crippen LogP) is 4.79. The van der Waals surface area contributed by atoms with Crippen LogP contribution in [0.5, 0.6) is 0 Å². The number of ketones is 2. The van der Waals surface area contributed by atoms with Crippen LogP contribution in [0.3, 0.4) is 0 Å². The highest BCUT2D eigenvalue weighted by Crippen LogP contribution is 2.01. The first-order valence-corrected chi connectivity index (χ1v) is 10.1. The molecule has 0 aliphatic heterocycles. The molecule has 168 valence electrons. The molecule has 0 bridgehead atoms. The standard InChI is InChI=1S/C9H10O2.C9H10O.C7H12O3/c1-8(10)11-7-9-5-3-2-4-6-9;1-8(10)7-9-5-3-2-4-6-9;1-6(8)4-2-3-5-7(9)10/h2-6H,7H2,1H3;2-6H,7H2,1H3;2-5H2,1H3,(H,9,10). The molecule has 0 spiro atoms. The normalized spacial score (nSPS) is 9.26. The van der Waals surface area contributed by atoms with Crippen LogP contribution in [0.25, 0.3) is 0 Å². The lowest BCUT2D eigenvalue weighted by molar-refractivity contribution is -0.142. The van der Waals surface area contributed by atoms with Gasteiger partial charge < -0.3 is 14.6 Å². The molecule has 6 heteroatoms. The SMILES string of the molecule is CC(=O)CCCCC(=O)O.CC(=O)Cc1ccccc1.CC(=O)OCc1ccccc1. The zero-order valence-electron chi connectivity index (χ0n) is 18.5. The predicted molar refractivity (Wildman–Crippen MR) is 120 cm³/mol. The van der Waals surface area contributed by atoms with Gasteiger partial charge in [0, 0.05) is 26.2 Å². The Morgan fingerprint density at radius 3 is 1.61 bits per heavy atom. The first kappa shape index (κ1) is 27.7. The molecule has 0 aliphatic carbocycles. The van der Waals surface area contributed by atoms with Crippen LogP contribution in [0.4, 0.5) is 0 Å². The van der Waals surface area contributed by atoms with Crippen LogP contribution >= 0.6 is 0 Å². The Labute approximate surface area is 184 Å². The van der Waals surface area contributed by atoms with Crippen molar-refractivity contribution in [3.8, 4) is 0 Å². The number of esters is 1. The third kappa shape index (κ3) is 19.8. The van der Waals surface area contributed by atoms with Crippen molar-refractivity contribution in [3.63, 3.8) is 0 Å². The van der Waals surface area contributed by atoms with Gasteiger partial charge in [0.25, 0.3) is 0 Å². The van der Waals surface area contributed by atoms with E-state index < -0.39 is 5.97 Å². The maximum Gasteiger partial charge on any atom is 0.303 e. The summed E-state index contributed by atoms with van der Waals surface area (Å²) in [5.41, 5.74) is 2.11. The number of benzene rings is 2. The number of carbonyl (C=O) groups excluding carboxylic acids is 3. The number of carboxylic acids is 1. The molecule has 0 heterocycles. The van der Waals surface area contributed by atoms with Gasteiger partial charge in [0.05, 0.1) is 0 Å². The van der Waals surface area contributed by atoms with Crippen molar-refractivity contribution in [1.82, 2.24) is 0 Å². The van der Waals surface area contributed by atoms with Gasteiger partial charge in [-0.1, -0.05) is 60.7 Å². The van der Waals surface area contributed by atoms with E-state index in [1.807, 2.05) is 60.7 Å². The van der Waals surface area contributed by atoms with E-state index in [0.717, 1.165) is 11.1 Å². The average Bonchev–Trinajstić information content (AvgIpc) is 2.71. The van der Waals surface area contributed by atoms with Crippen molar-refractivity contribution in [3.05, 3.63) is 71.8 Å². The maximum absolute atomic E-state index is 10.6. The molecule has 0 aliphatic rings. The summed E-state index contributed by atoms with van der Waals surface area (Å²) in [6.07, 6.45) is 2.54. The Kier molecular flexibility index (Phi) is 15.7. The zero-order valence-corrected chi connectivity index (χ0v) is 18.5. The highest BCUT2D eigenvalue weighted by atomic mass is 16.5. The van der Waals surface area contributed by atoms with Crippen LogP contribution in [0, 0.1) is 0 Å². The van der Waals surface area contributed by atoms with Crippen LogP contribution in [0.2, 0.25) is 0 Å². The fraction of sp³-hybridized carbons (Fsp3) is 0.360. The van der Waals surface area contributed by atoms with Gasteiger partial charge in [-0.2, -0.15) is 0 Å². The Morgan fingerprint density at radius 1 is 0.710 bits per heavy atom. The van der Waals surface area contributed by atoms with Crippen molar-refractivity contribution in [2.45, 2.75) is 59.5 Å². The van der Waals surface area contributed by atoms with E-state index in [0.29, 0.717) is 32.3 Å². The molecular weight excluding hydrogens is 396 g/mol. The largest absolute Gasteiger partial charge is 0.481 e.